The fourth-order valence-electron chi connectivity index (χ4n) is 1.96. The van der Waals surface area contributed by atoms with Crippen LogP contribution in [0.1, 0.15) is 10.4 Å². The lowest BCUT2D eigenvalue weighted by Crippen LogP contribution is -2.46. The molecule has 2 aromatic rings. The van der Waals surface area contributed by atoms with Crippen molar-refractivity contribution in [1.82, 2.24) is 10.5 Å². The predicted molar refractivity (Wildman–Crippen MR) is 76.0 cm³/mol. The number of ether oxygens (including phenoxy) is 2. The van der Waals surface area contributed by atoms with Crippen molar-refractivity contribution >= 4 is 17.6 Å². The summed E-state index contributed by atoms with van der Waals surface area (Å²) in [5, 5.41) is 17.7. The first-order valence-corrected chi connectivity index (χ1v) is 6.70. The molecule has 0 saturated heterocycles. The molecule has 0 unspecified atom stereocenters. The number of carbonyl (C=O) groups is 2. The van der Waals surface area contributed by atoms with Crippen molar-refractivity contribution < 1.29 is 28.7 Å². The van der Waals surface area contributed by atoms with Crippen molar-refractivity contribution in [1.29, 1.82) is 0 Å². The van der Waals surface area contributed by atoms with Crippen LogP contribution < -0.4 is 20.1 Å². The summed E-state index contributed by atoms with van der Waals surface area (Å²) >= 11 is 0. The quantitative estimate of drug-likeness (QED) is 0.716. The normalized spacial score (nSPS) is 13.4. The Balaban J connectivity index is 1.66. The number of aliphatic hydroxyl groups is 1. The van der Waals surface area contributed by atoms with E-state index in [0.29, 0.717) is 11.5 Å². The highest BCUT2D eigenvalue weighted by atomic mass is 16.7. The highest BCUT2D eigenvalue weighted by molar-refractivity contribution is 6.01. The molecule has 9 nitrogen and oxygen atoms in total. The van der Waals surface area contributed by atoms with Crippen LogP contribution in [0.2, 0.25) is 0 Å². The van der Waals surface area contributed by atoms with Crippen LogP contribution in [0.4, 0.5) is 5.82 Å². The maximum Gasteiger partial charge on any atom is 0.252 e. The summed E-state index contributed by atoms with van der Waals surface area (Å²) in [4.78, 5) is 24.2. The summed E-state index contributed by atoms with van der Waals surface area (Å²) < 4.78 is 14.9. The summed E-state index contributed by atoms with van der Waals surface area (Å²) in [6.07, 6.45) is 1.29. The van der Waals surface area contributed by atoms with Gasteiger partial charge in [0.15, 0.2) is 17.3 Å². The van der Waals surface area contributed by atoms with Gasteiger partial charge in [-0.3, -0.25) is 9.59 Å². The lowest BCUT2D eigenvalue weighted by molar-refractivity contribution is -0.118. The standard InChI is InChI=1S/C14H13N3O6/c18-6-9(14(20)16-12-3-4-23-17-12)15-13(19)8-1-2-10-11(5-8)22-7-21-10/h1-5,9,18H,6-7H2,(H,15,19)(H,16,17,20)/t9-/m0/s1. The van der Waals surface area contributed by atoms with Crippen LogP contribution in [0.25, 0.3) is 0 Å². The lowest BCUT2D eigenvalue weighted by atomic mass is 10.1. The average molecular weight is 319 g/mol. The average Bonchev–Trinajstić information content (AvgIpc) is 3.22. The van der Waals surface area contributed by atoms with E-state index in [1.165, 1.54) is 24.5 Å². The van der Waals surface area contributed by atoms with Crippen molar-refractivity contribution in [3.63, 3.8) is 0 Å². The van der Waals surface area contributed by atoms with Crippen molar-refractivity contribution in [2.24, 2.45) is 0 Å². The van der Waals surface area contributed by atoms with Gasteiger partial charge < -0.3 is 29.7 Å². The Labute approximate surface area is 130 Å². The number of aliphatic hydroxyl groups excluding tert-OH is 1. The molecule has 0 bridgehead atoms. The fraction of sp³-hybridized carbons (Fsp3) is 0.214. The molecule has 1 aliphatic rings. The van der Waals surface area contributed by atoms with E-state index in [-0.39, 0.29) is 18.2 Å². The van der Waals surface area contributed by atoms with E-state index in [9.17, 15) is 14.7 Å². The van der Waals surface area contributed by atoms with E-state index in [2.05, 4.69) is 20.3 Å². The number of aromatic nitrogens is 1. The molecule has 0 spiro atoms. The topological polar surface area (TPSA) is 123 Å². The van der Waals surface area contributed by atoms with Gasteiger partial charge in [-0.05, 0) is 18.2 Å². The monoisotopic (exact) mass is 319 g/mol. The van der Waals surface area contributed by atoms with Gasteiger partial charge in [0.1, 0.15) is 12.3 Å². The van der Waals surface area contributed by atoms with Crippen molar-refractivity contribution in [3.05, 3.63) is 36.1 Å². The molecule has 23 heavy (non-hydrogen) atoms. The molecule has 0 fully saturated rings. The minimum atomic E-state index is -1.13. The highest BCUT2D eigenvalue weighted by Crippen LogP contribution is 2.32. The lowest BCUT2D eigenvalue weighted by Gasteiger charge is -2.15. The van der Waals surface area contributed by atoms with Crippen molar-refractivity contribution in [2.75, 3.05) is 18.7 Å². The number of anilines is 1. The first kappa shape index (κ1) is 14.9. The van der Waals surface area contributed by atoms with Crippen LogP contribution in [0.3, 0.4) is 0 Å². The number of nitrogens with one attached hydrogen (secondary N) is 2. The Bertz CT molecular complexity index is 715. The summed E-state index contributed by atoms with van der Waals surface area (Å²) in [5.74, 6) is 0.0354. The molecular weight excluding hydrogens is 306 g/mol. The van der Waals surface area contributed by atoms with Gasteiger partial charge in [0.05, 0.1) is 6.61 Å². The Kier molecular flexibility index (Phi) is 4.11. The minimum absolute atomic E-state index is 0.0970. The molecule has 1 aliphatic heterocycles. The number of fused-ring (bicyclic) bond motifs is 1. The van der Waals surface area contributed by atoms with Gasteiger partial charge in [0, 0.05) is 11.6 Å². The number of benzene rings is 1. The van der Waals surface area contributed by atoms with Gasteiger partial charge in [-0.15, -0.1) is 0 Å². The molecule has 2 amide bonds. The third-order valence-corrected chi connectivity index (χ3v) is 3.13. The zero-order valence-electron chi connectivity index (χ0n) is 11.8. The fourth-order valence-corrected chi connectivity index (χ4v) is 1.96. The van der Waals surface area contributed by atoms with Crippen LogP contribution in [0.15, 0.2) is 35.1 Å². The molecule has 9 heteroatoms. The Morgan fingerprint density at radius 2 is 2.09 bits per heavy atom. The number of amides is 2. The van der Waals surface area contributed by atoms with E-state index in [0.717, 1.165) is 0 Å². The minimum Gasteiger partial charge on any atom is -0.454 e. The van der Waals surface area contributed by atoms with Gasteiger partial charge in [0.25, 0.3) is 11.8 Å². The zero-order valence-corrected chi connectivity index (χ0v) is 11.8. The molecule has 1 aromatic carbocycles. The summed E-state index contributed by atoms with van der Waals surface area (Å²) in [6.45, 7) is -0.472. The number of carbonyl (C=O) groups excluding carboxylic acids is 2. The molecule has 1 aromatic heterocycles. The molecule has 2 heterocycles. The van der Waals surface area contributed by atoms with Gasteiger partial charge in [-0.2, -0.15) is 0 Å². The summed E-state index contributed by atoms with van der Waals surface area (Å²) in [5.41, 5.74) is 0.280. The van der Waals surface area contributed by atoms with Gasteiger partial charge >= 0.3 is 0 Å². The van der Waals surface area contributed by atoms with Gasteiger partial charge in [0.2, 0.25) is 6.79 Å². The van der Waals surface area contributed by atoms with Crippen LogP contribution in [0, 0.1) is 0 Å². The Hall–Kier alpha value is -3.07. The van der Waals surface area contributed by atoms with E-state index in [1.54, 1.807) is 6.07 Å². The molecular formula is C14H13N3O6. The first-order valence-electron chi connectivity index (χ1n) is 6.70. The van der Waals surface area contributed by atoms with Crippen molar-refractivity contribution in [3.8, 4) is 11.5 Å². The molecule has 0 aliphatic carbocycles. The second-order valence-corrected chi connectivity index (χ2v) is 4.65. The van der Waals surface area contributed by atoms with E-state index in [1.807, 2.05) is 0 Å². The second kappa shape index (κ2) is 6.36. The first-order chi connectivity index (χ1) is 11.2. The van der Waals surface area contributed by atoms with Crippen LogP contribution in [-0.2, 0) is 4.79 Å². The molecule has 3 rings (SSSR count). The van der Waals surface area contributed by atoms with E-state index < -0.39 is 24.5 Å². The van der Waals surface area contributed by atoms with Crippen LogP contribution in [0.5, 0.6) is 11.5 Å². The maximum absolute atomic E-state index is 12.2. The zero-order chi connectivity index (χ0) is 16.2. The van der Waals surface area contributed by atoms with Gasteiger partial charge in [-0.25, -0.2) is 0 Å². The van der Waals surface area contributed by atoms with Crippen LogP contribution >= 0.6 is 0 Å². The maximum atomic E-state index is 12.2. The summed E-state index contributed by atoms with van der Waals surface area (Å²) in [6, 6.07) is 4.94. The number of hydrogen-bond acceptors (Lipinski definition) is 7. The van der Waals surface area contributed by atoms with E-state index >= 15 is 0 Å². The summed E-state index contributed by atoms with van der Waals surface area (Å²) in [7, 11) is 0. The third kappa shape index (κ3) is 3.24. The van der Waals surface area contributed by atoms with Gasteiger partial charge in [-0.1, -0.05) is 5.16 Å². The highest BCUT2D eigenvalue weighted by Gasteiger charge is 2.23. The predicted octanol–water partition coefficient (Wildman–Crippen LogP) is 0.133. The number of hydrogen-bond donors (Lipinski definition) is 3. The molecule has 0 saturated carbocycles. The largest absolute Gasteiger partial charge is 0.454 e. The third-order valence-electron chi connectivity index (χ3n) is 3.13. The van der Waals surface area contributed by atoms with Crippen molar-refractivity contribution in [2.45, 2.75) is 6.04 Å². The Morgan fingerprint density at radius 1 is 1.26 bits per heavy atom. The SMILES string of the molecule is O=C(N[C@@H](CO)C(=O)Nc1ccon1)c1ccc2c(c1)OCO2. The number of nitrogens with zero attached hydrogens (tertiary/aromatic N) is 1. The van der Waals surface area contributed by atoms with E-state index in [4.69, 9.17) is 9.47 Å². The molecule has 3 N–H and O–H groups in total. The molecule has 120 valence electrons. The number of rotatable bonds is 5. The second-order valence-electron chi connectivity index (χ2n) is 4.65. The smallest absolute Gasteiger partial charge is 0.252 e. The molecule has 0 radical (unpaired) electrons. The van der Waals surface area contributed by atoms with Crippen LogP contribution in [-0.4, -0.2) is 41.5 Å². The Morgan fingerprint density at radius 3 is 2.83 bits per heavy atom. The molecule has 1 atom stereocenters.